The highest BCUT2D eigenvalue weighted by molar-refractivity contribution is 9.10. The zero-order chi connectivity index (χ0) is 14.5. The molecule has 20 heavy (non-hydrogen) atoms. The Morgan fingerprint density at radius 3 is 2.70 bits per heavy atom. The van der Waals surface area contributed by atoms with Gasteiger partial charge < -0.3 is 15.3 Å². The lowest BCUT2D eigenvalue weighted by molar-refractivity contribution is 0.145. The number of piperidine rings is 1. The van der Waals surface area contributed by atoms with E-state index in [-0.39, 0.29) is 6.10 Å². The van der Waals surface area contributed by atoms with E-state index >= 15 is 0 Å². The van der Waals surface area contributed by atoms with Crippen LogP contribution in [-0.2, 0) is 0 Å². The second-order valence-electron chi connectivity index (χ2n) is 5.60. The van der Waals surface area contributed by atoms with Gasteiger partial charge in [0.15, 0.2) is 0 Å². The van der Waals surface area contributed by atoms with Gasteiger partial charge in [-0.15, -0.1) is 0 Å². The molecule has 1 atom stereocenters. The van der Waals surface area contributed by atoms with E-state index in [0.29, 0.717) is 6.04 Å². The lowest BCUT2D eigenvalue weighted by atomic mass is 10.0. The molecule has 0 radical (unpaired) electrons. The molecule has 1 aromatic rings. The van der Waals surface area contributed by atoms with Gasteiger partial charge in [-0.3, -0.25) is 0 Å². The second kappa shape index (κ2) is 7.43. The molecule has 112 valence electrons. The van der Waals surface area contributed by atoms with Crippen LogP contribution in [0, 0.1) is 0 Å². The number of nitrogens with zero attached hydrogens (tertiary/aromatic N) is 1. The van der Waals surface area contributed by atoms with Crippen molar-refractivity contribution in [1.82, 2.24) is 5.32 Å². The van der Waals surface area contributed by atoms with Crippen LogP contribution in [0.3, 0.4) is 0 Å². The first-order valence-corrected chi connectivity index (χ1v) is 8.37. The predicted molar refractivity (Wildman–Crippen MR) is 88.3 cm³/mol. The summed E-state index contributed by atoms with van der Waals surface area (Å²) in [5.74, 6) is 0. The van der Waals surface area contributed by atoms with E-state index in [9.17, 15) is 5.11 Å². The van der Waals surface area contributed by atoms with E-state index in [1.54, 1.807) is 0 Å². The van der Waals surface area contributed by atoms with Crippen LogP contribution in [0.25, 0.3) is 0 Å². The third kappa shape index (κ3) is 3.96. The van der Waals surface area contributed by atoms with Gasteiger partial charge in [-0.25, -0.2) is 0 Å². The molecular weight excluding hydrogens is 316 g/mol. The average Bonchev–Trinajstić information content (AvgIpc) is 2.46. The number of benzene rings is 1. The van der Waals surface area contributed by atoms with E-state index in [4.69, 9.17) is 0 Å². The number of anilines is 1. The number of rotatable bonds is 5. The molecule has 0 aliphatic carbocycles. The Morgan fingerprint density at radius 2 is 2.10 bits per heavy atom. The van der Waals surface area contributed by atoms with Crippen molar-refractivity contribution < 1.29 is 5.11 Å². The van der Waals surface area contributed by atoms with Gasteiger partial charge in [0.1, 0.15) is 0 Å². The highest BCUT2D eigenvalue weighted by atomic mass is 79.9. The van der Waals surface area contributed by atoms with Gasteiger partial charge in [-0.2, -0.15) is 0 Å². The van der Waals surface area contributed by atoms with Crippen molar-refractivity contribution in [3.63, 3.8) is 0 Å². The quantitative estimate of drug-likeness (QED) is 0.861. The van der Waals surface area contributed by atoms with Crippen LogP contribution < -0.4 is 10.2 Å². The maximum Gasteiger partial charge on any atom is 0.0574 e. The molecule has 0 aromatic heterocycles. The fourth-order valence-electron chi connectivity index (χ4n) is 2.63. The van der Waals surface area contributed by atoms with Gasteiger partial charge in [0.2, 0.25) is 0 Å². The summed E-state index contributed by atoms with van der Waals surface area (Å²) in [4.78, 5) is 2.35. The molecule has 1 aromatic carbocycles. The maximum absolute atomic E-state index is 9.60. The smallest absolute Gasteiger partial charge is 0.0574 e. The topological polar surface area (TPSA) is 35.5 Å². The summed E-state index contributed by atoms with van der Waals surface area (Å²) in [6.07, 6.45) is 2.76. The van der Waals surface area contributed by atoms with Crippen molar-refractivity contribution >= 4 is 21.6 Å². The molecule has 0 bridgehead atoms. The highest BCUT2D eigenvalue weighted by Crippen LogP contribution is 2.31. The Kier molecular flexibility index (Phi) is 5.87. The normalized spacial score (nSPS) is 18.3. The molecule has 4 heteroatoms. The molecule has 1 aliphatic heterocycles. The second-order valence-corrected chi connectivity index (χ2v) is 6.46. The lowest BCUT2D eigenvalue weighted by Gasteiger charge is -2.32. The molecule has 1 heterocycles. The fraction of sp³-hybridized carbons (Fsp3) is 0.625. The van der Waals surface area contributed by atoms with Crippen LogP contribution in [0.1, 0.15) is 44.7 Å². The standard InChI is InChI=1S/C16H25BrN2O/c1-3-8-18-12(2)13-4-5-16(15(17)11-13)19-9-6-14(20)7-10-19/h4-5,11-12,14,18,20H,3,6-10H2,1-2H3. The third-order valence-corrected chi connectivity index (χ3v) is 4.61. The van der Waals surface area contributed by atoms with Crippen molar-refractivity contribution in [1.29, 1.82) is 0 Å². The number of aliphatic hydroxyl groups is 1. The number of hydrogen-bond donors (Lipinski definition) is 2. The van der Waals surface area contributed by atoms with E-state index in [0.717, 1.165) is 43.4 Å². The summed E-state index contributed by atoms with van der Waals surface area (Å²) in [5.41, 5.74) is 2.55. The Labute approximate surface area is 130 Å². The Bertz CT molecular complexity index is 430. The minimum Gasteiger partial charge on any atom is -0.393 e. The molecule has 2 rings (SSSR count). The first kappa shape index (κ1) is 15.8. The van der Waals surface area contributed by atoms with E-state index in [1.165, 1.54) is 11.3 Å². The van der Waals surface area contributed by atoms with Crippen LogP contribution in [0.15, 0.2) is 22.7 Å². The molecule has 1 saturated heterocycles. The average molecular weight is 341 g/mol. The first-order valence-electron chi connectivity index (χ1n) is 7.57. The first-order chi connectivity index (χ1) is 9.61. The summed E-state index contributed by atoms with van der Waals surface area (Å²) in [7, 11) is 0. The Hall–Kier alpha value is -0.580. The van der Waals surface area contributed by atoms with Crippen LogP contribution >= 0.6 is 15.9 Å². The van der Waals surface area contributed by atoms with Gasteiger partial charge in [0.05, 0.1) is 11.8 Å². The van der Waals surface area contributed by atoms with Crippen molar-refractivity contribution in [2.24, 2.45) is 0 Å². The van der Waals surface area contributed by atoms with Gasteiger partial charge in [-0.1, -0.05) is 13.0 Å². The van der Waals surface area contributed by atoms with Crippen LogP contribution in [-0.4, -0.2) is 30.8 Å². The summed E-state index contributed by atoms with van der Waals surface area (Å²) in [5, 5.41) is 13.1. The SMILES string of the molecule is CCCNC(C)c1ccc(N2CCC(O)CC2)c(Br)c1. The number of hydrogen-bond acceptors (Lipinski definition) is 3. The van der Waals surface area contributed by atoms with Crippen molar-refractivity contribution in [3.8, 4) is 0 Å². The number of halogens is 1. The zero-order valence-electron chi connectivity index (χ0n) is 12.4. The molecular formula is C16H25BrN2O. The molecule has 3 nitrogen and oxygen atoms in total. The van der Waals surface area contributed by atoms with Gasteiger partial charge in [-0.05, 0) is 66.4 Å². The zero-order valence-corrected chi connectivity index (χ0v) is 14.0. The molecule has 1 aliphatic rings. The molecule has 1 fully saturated rings. The number of aliphatic hydroxyl groups excluding tert-OH is 1. The van der Waals surface area contributed by atoms with Crippen LogP contribution in [0.2, 0.25) is 0 Å². The Balaban J connectivity index is 2.05. The van der Waals surface area contributed by atoms with Gasteiger partial charge in [0.25, 0.3) is 0 Å². The van der Waals surface area contributed by atoms with Crippen molar-refractivity contribution in [2.45, 2.75) is 45.3 Å². The molecule has 0 amide bonds. The minimum absolute atomic E-state index is 0.123. The van der Waals surface area contributed by atoms with E-state index in [2.05, 4.69) is 58.2 Å². The van der Waals surface area contributed by atoms with Crippen LogP contribution in [0.4, 0.5) is 5.69 Å². The molecule has 0 spiro atoms. The predicted octanol–water partition coefficient (Wildman–Crippen LogP) is 3.47. The molecule has 1 unspecified atom stereocenters. The highest BCUT2D eigenvalue weighted by Gasteiger charge is 2.19. The Morgan fingerprint density at radius 1 is 1.40 bits per heavy atom. The summed E-state index contributed by atoms with van der Waals surface area (Å²) in [6.45, 7) is 7.30. The van der Waals surface area contributed by atoms with Gasteiger partial charge >= 0.3 is 0 Å². The fourth-order valence-corrected chi connectivity index (χ4v) is 3.28. The maximum atomic E-state index is 9.60. The van der Waals surface area contributed by atoms with Crippen molar-refractivity contribution in [2.75, 3.05) is 24.5 Å². The van der Waals surface area contributed by atoms with E-state index < -0.39 is 0 Å². The molecule has 2 N–H and O–H groups in total. The lowest BCUT2D eigenvalue weighted by Crippen LogP contribution is -2.36. The van der Waals surface area contributed by atoms with Crippen molar-refractivity contribution in [3.05, 3.63) is 28.2 Å². The molecule has 0 saturated carbocycles. The summed E-state index contributed by atoms with van der Waals surface area (Å²) >= 11 is 3.70. The van der Waals surface area contributed by atoms with E-state index in [1.807, 2.05) is 0 Å². The monoisotopic (exact) mass is 340 g/mol. The van der Waals surface area contributed by atoms with Gasteiger partial charge in [0, 0.05) is 23.6 Å². The largest absolute Gasteiger partial charge is 0.393 e. The van der Waals surface area contributed by atoms with Crippen LogP contribution in [0.5, 0.6) is 0 Å². The summed E-state index contributed by atoms with van der Waals surface area (Å²) in [6, 6.07) is 7.00. The number of nitrogens with one attached hydrogen (secondary N) is 1. The minimum atomic E-state index is -0.123. The third-order valence-electron chi connectivity index (χ3n) is 3.98. The summed E-state index contributed by atoms with van der Waals surface area (Å²) < 4.78 is 1.15.